The van der Waals surface area contributed by atoms with Crippen LogP contribution in [0, 0.1) is 0 Å². The van der Waals surface area contributed by atoms with Crippen LogP contribution in [-0.4, -0.2) is 6.71 Å². The lowest BCUT2D eigenvalue weighted by molar-refractivity contribution is 0.353. The van der Waals surface area contributed by atoms with E-state index in [-0.39, 0.29) is 12.1 Å². The van der Waals surface area contributed by atoms with Gasteiger partial charge in [-0.05, 0) is 111 Å². The number of hydrogen-bond acceptors (Lipinski definition) is 2. The number of anilines is 6. The lowest BCUT2D eigenvalue weighted by Gasteiger charge is -2.44. The van der Waals surface area contributed by atoms with Crippen LogP contribution >= 0.6 is 0 Å². The second-order valence-corrected chi connectivity index (χ2v) is 14.8. The van der Waals surface area contributed by atoms with E-state index in [0.29, 0.717) is 0 Å². The molecule has 0 amide bonds. The Balaban J connectivity index is 1.18. The molecule has 1 fully saturated rings. The zero-order chi connectivity index (χ0) is 33.5. The smallest absolute Gasteiger partial charge is 0.252 e. The molecule has 2 aliphatic heterocycles. The van der Waals surface area contributed by atoms with Gasteiger partial charge < -0.3 is 9.80 Å². The van der Waals surface area contributed by atoms with Crippen molar-refractivity contribution in [3.05, 3.63) is 175 Å². The van der Waals surface area contributed by atoms with E-state index in [1.807, 2.05) is 0 Å². The molecule has 2 aliphatic carbocycles. The summed E-state index contributed by atoms with van der Waals surface area (Å²) in [5.74, 6) is 0. The van der Waals surface area contributed by atoms with E-state index in [1.54, 1.807) is 0 Å². The van der Waals surface area contributed by atoms with Gasteiger partial charge in [0.15, 0.2) is 0 Å². The average Bonchev–Trinajstić information content (AvgIpc) is 3.46. The van der Waals surface area contributed by atoms with Crippen LogP contribution in [0.4, 0.5) is 34.1 Å². The molecule has 51 heavy (non-hydrogen) atoms. The van der Waals surface area contributed by atoms with E-state index >= 15 is 0 Å². The Morgan fingerprint density at radius 2 is 1.06 bits per heavy atom. The maximum Gasteiger partial charge on any atom is 0.252 e. The summed E-state index contributed by atoms with van der Waals surface area (Å²) in [4.78, 5) is 5.03. The quantitative estimate of drug-likeness (QED) is 0.175. The molecule has 0 atom stereocenters. The largest absolute Gasteiger partial charge is 0.311 e. The second kappa shape index (κ2) is 11.1. The van der Waals surface area contributed by atoms with E-state index in [2.05, 4.69) is 174 Å². The monoisotopic (exact) mass is 652 g/mol. The standard InChI is InChI=1S/C48H37BN2/c1-4-15-33(16-5-1)34-25-28-44-42(31-34)49-41-21-10-11-22-43(41)50(35-17-6-2-7-18-35)45-23-14-24-46(47(45)49)51(44)36-26-27-40-38(32-36)37-19-8-9-20-39(37)48(40)29-12-3-13-30-48/h1-2,4-11,14-28,31-32H,3,12-13,29-30H2. The first-order valence-corrected chi connectivity index (χ1v) is 18.6. The van der Waals surface area contributed by atoms with Crippen molar-refractivity contribution in [2.24, 2.45) is 0 Å². The summed E-state index contributed by atoms with van der Waals surface area (Å²) < 4.78 is 0. The van der Waals surface area contributed by atoms with Crippen molar-refractivity contribution >= 4 is 57.2 Å². The average molecular weight is 653 g/mol. The Bertz CT molecular complexity index is 2480. The van der Waals surface area contributed by atoms with E-state index in [4.69, 9.17) is 0 Å². The van der Waals surface area contributed by atoms with Crippen LogP contribution in [0.25, 0.3) is 22.3 Å². The molecule has 0 N–H and O–H groups in total. The van der Waals surface area contributed by atoms with Gasteiger partial charge in [-0.3, -0.25) is 0 Å². The molecule has 0 saturated heterocycles. The van der Waals surface area contributed by atoms with Gasteiger partial charge in [-0.15, -0.1) is 0 Å². The molecule has 1 spiro atoms. The fourth-order valence-electron chi connectivity index (χ4n) is 10.1. The van der Waals surface area contributed by atoms with Crippen molar-refractivity contribution in [3.8, 4) is 22.3 Å². The van der Waals surface area contributed by atoms with Gasteiger partial charge in [-0.25, -0.2) is 0 Å². The third kappa shape index (κ3) is 4.12. The highest BCUT2D eigenvalue weighted by atomic mass is 15.2. The van der Waals surface area contributed by atoms with Gasteiger partial charge in [0.2, 0.25) is 0 Å². The summed E-state index contributed by atoms with van der Waals surface area (Å²) in [6.45, 7) is 0.0999. The highest BCUT2D eigenvalue weighted by Gasteiger charge is 2.46. The summed E-state index contributed by atoms with van der Waals surface area (Å²) in [5.41, 5.74) is 20.0. The molecular weight excluding hydrogens is 615 g/mol. The minimum Gasteiger partial charge on any atom is -0.311 e. The molecule has 2 heterocycles. The predicted octanol–water partition coefficient (Wildman–Crippen LogP) is 10.7. The molecule has 0 radical (unpaired) electrons. The normalized spacial score (nSPS) is 15.9. The Hall–Kier alpha value is -5.80. The number of rotatable bonds is 3. The molecule has 3 heteroatoms. The van der Waals surface area contributed by atoms with Crippen molar-refractivity contribution in [1.82, 2.24) is 0 Å². The van der Waals surface area contributed by atoms with Gasteiger partial charge in [-0.1, -0.05) is 135 Å². The Kier molecular flexibility index (Phi) is 6.31. The van der Waals surface area contributed by atoms with Crippen molar-refractivity contribution < 1.29 is 0 Å². The maximum absolute atomic E-state index is 2.56. The molecule has 242 valence electrons. The highest BCUT2D eigenvalue weighted by molar-refractivity contribution is 7.00. The minimum absolute atomic E-state index is 0.0999. The summed E-state index contributed by atoms with van der Waals surface area (Å²) in [6, 6.07) is 61.5. The first-order chi connectivity index (χ1) is 25.3. The lowest BCUT2D eigenvalue weighted by Crippen LogP contribution is -2.61. The van der Waals surface area contributed by atoms with E-state index in [0.717, 1.165) is 0 Å². The van der Waals surface area contributed by atoms with Crippen molar-refractivity contribution in [1.29, 1.82) is 0 Å². The molecule has 11 rings (SSSR count). The molecule has 0 unspecified atom stereocenters. The van der Waals surface area contributed by atoms with Crippen LogP contribution in [0.1, 0.15) is 43.2 Å². The third-order valence-electron chi connectivity index (χ3n) is 12.2. The van der Waals surface area contributed by atoms with E-state index in [1.165, 1.54) is 116 Å². The van der Waals surface area contributed by atoms with Crippen LogP contribution < -0.4 is 26.2 Å². The van der Waals surface area contributed by atoms with Crippen LogP contribution in [0.3, 0.4) is 0 Å². The van der Waals surface area contributed by atoms with Crippen LogP contribution in [0.5, 0.6) is 0 Å². The zero-order valence-corrected chi connectivity index (χ0v) is 28.6. The van der Waals surface area contributed by atoms with Gasteiger partial charge in [-0.2, -0.15) is 0 Å². The van der Waals surface area contributed by atoms with Crippen LogP contribution in [-0.2, 0) is 5.41 Å². The molecule has 1 saturated carbocycles. The molecule has 0 bridgehead atoms. The SMILES string of the molecule is c1ccc(-c2ccc3c(c2)B2c4ccccc4N(c4ccccc4)c4cccc(c42)N3c2ccc3c(c2)-c2ccccc2C32CCCCC2)cc1. The summed E-state index contributed by atoms with van der Waals surface area (Å²) in [5, 5.41) is 0. The molecule has 4 aliphatic rings. The highest BCUT2D eigenvalue weighted by Crippen LogP contribution is 2.57. The van der Waals surface area contributed by atoms with Gasteiger partial charge in [0.1, 0.15) is 0 Å². The van der Waals surface area contributed by atoms with Gasteiger partial charge in [0.25, 0.3) is 6.71 Å². The van der Waals surface area contributed by atoms with Gasteiger partial charge >= 0.3 is 0 Å². The predicted molar refractivity (Wildman–Crippen MR) is 215 cm³/mol. The summed E-state index contributed by atoms with van der Waals surface area (Å²) >= 11 is 0. The first-order valence-electron chi connectivity index (χ1n) is 18.6. The number of nitrogens with zero attached hydrogens (tertiary/aromatic N) is 2. The number of fused-ring (bicyclic) bond motifs is 9. The molecule has 2 nitrogen and oxygen atoms in total. The second-order valence-electron chi connectivity index (χ2n) is 14.8. The fraction of sp³-hybridized carbons (Fsp3) is 0.125. The maximum atomic E-state index is 2.56. The zero-order valence-electron chi connectivity index (χ0n) is 28.6. The Morgan fingerprint density at radius 1 is 0.412 bits per heavy atom. The molecule has 0 aromatic heterocycles. The number of hydrogen-bond donors (Lipinski definition) is 0. The fourth-order valence-corrected chi connectivity index (χ4v) is 10.1. The van der Waals surface area contributed by atoms with Crippen molar-refractivity contribution in [2.45, 2.75) is 37.5 Å². The summed E-state index contributed by atoms with van der Waals surface area (Å²) in [6.07, 6.45) is 6.43. The number of para-hydroxylation sites is 2. The van der Waals surface area contributed by atoms with E-state index in [9.17, 15) is 0 Å². The minimum atomic E-state index is 0.0999. The van der Waals surface area contributed by atoms with Crippen molar-refractivity contribution in [2.75, 3.05) is 9.80 Å². The third-order valence-corrected chi connectivity index (χ3v) is 12.2. The van der Waals surface area contributed by atoms with Crippen molar-refractivity contribution in [3.63, 3.8) is 0 Å². The molecule has 7 aromatic rings. The van der Waals surface area contributed by atoms with Crippen LogP contribution in [0.2, 0.25) is 0 Å². The lowest BCUT2D eigenvalue weighted by atomic mass is 9.33. The first kappa shape index (κ1) is 29.0. The summed E-state index contributed by atoms with van der Waals surface area (Å²) in [7, 11) is 0. The van der Waals surface area contributed by atoms with Crippen LogP contribution in [0.15, 0.2) is 164 Å². The molecular formula is C48H37BN2. The van der Waals surface area contributed by atoms with E-state index < -0.39 is 0 Å². The van der Waals surface area contributed by atoms with Gasteiger partial charge in [0, 0.05) is 39.5 Å². The topological polar surface area (TPSA) is 6.48 Å². The molecule has 7 aromatic carbocycles. The van der Waals surface area contributed by atoms with Gasteiger partial charge in [0.05, 0.1) is 0 Å². The Labute approximate surface area is 300 Å². The Morgan fingerprint density at radius 3 is 1.88 bits per heavy atom. The number of benzene rings is 7.